The van der Waals surface area contributed by atoms with Crippen LogP contribution >= 0.6 is 11.6 Å². The number of nitrogens with zero attached hydrogens (tertiary/aromatic N) is 7. The highest BCUT2D eigenvalue weighted by Crippen LogP contribution is 2.31. The average molecular weight is 517 g/mol. The van der Waals surface area contributed by atoms with E-state index in [1.807, 2.05) is 6.92 Å². The maximum absolute atomic E-state index is 13.6. The van der Waals surface area contributed by atoms with Crippen molar-refractivity contribution in [1.82, 2.24) is 35.1 Å². The minimum Gasteiger partial charge on any atom is -0.356 e. The second kappa shape index (κ2) is 9.77. The lowest BCUT2D eigenvalue weighted by atomic mass is 10.1. The van der Waals surface area contributed by atoms with Gasteiger partial charge in [-0.05, 0) is 53.4 Å². The molecule has 0 spiro atoms. The molecule has 0 radical (unpaired) electrons. The molecule has 1 aromatic carbocycles. The van der Waals surface area contributed by atoms with E-state index in [9.17, 15) is 27.5 Å². The lowest BCUT2D eigenvalue weighted by Crippen LogP contribution is -2.56. The molecule has 1 unspecified atom stereocenters. The van der Waals surface area contributed by atoms with E-state index in [2.05, 4.69) is 25.4 Å². The summed E-state index contributed by atoms with van der Waals surface area (Å²) < 4.78 is 52.4. The van der Waals surface area contributed by atoms with Gasteiger partial charge in [-0.15, -0.1) is 10.2 Å². The molecule has 1 amide bonds. The van der Waals surface area contributed by atoms with Gasteiger partial charge in [0.15, 0.2) is 11.6 Å². The number of hydrogen-bond acceptors (Lipinski definition) is 7. The molecule has 4 rings (SSSR count). The van der Waals surface area contributed by atoms with Crippen LogP contribution < -0.4 is 4.90 Å². The van der Waals surface area contributed by atoms with Gasteiger partial charge in [-0.25, -0.2) is 4.39 Å². The number of aromatic amines is 1. The Hall–Kier alpha value is -3.26. The number of halogens is 5. The first-order valence-corrected chi connectivity index (χ1v) is 11.1. The number of carbonyl (C=O) groups is 1. The highest BCUT2D eigenvalue weighted by atomic mass is 35.5. The molecule has 1 atom stereocenters. The first-order valence-electron chi connectivity index (χ1n) is 10.7. The van der Waals surface area contributed by atoms with E-state index >= 15 is 0 Å². The van der Waals surface area contributed by atoms with Gasteiger partial charge in [0.1, 0.15) is 11.5 Å². The van der Waals surface area contributed by atoms with Crippen LogP contribution in [0.3, 0.4) is 0 Å². The molecule has 1 aliphatic heterocycles. The molecule has 0 saturated heterocycles. The second-order valence-corrected chi connectivity index (χ2v) is 8.30. The van der Waals surface area contributed by atoms with Gasteiger partial charge in [0, 0.05) is 19.5 Å². The number of nitrogens with one attached hydrogen (secondary N) is 1. The van der Waals surface area contributed by atoms with Crippen LogP contribution in [0.5, 0.6) is 0 Å². The normalized spacial score (nSPS) is 16.2. The maximum atomic E-state index is 13.6. The summed E-state index contributed by atoms with van der Waals surface area (Å²) in [6.45, 7) is 2.73. The Kier molecular flexibility index (Phi) is 6.94. The quantitative estimate of drug-likeness (QED) is 0.442. The zero-order valence-electron chi connectivity index (χ0n) is 18.4. The predicted octanol–water partition coefficient (Wildman–Crippen LogP) is 2.84. The van der Waals surface area contributed by atoms with Gasteiger partial charge in [0.05, 0.1) is 12.1 Å². The Morgan fingerprint density at radius 3 is 2.66 bits per heavy atom. The van der Waals surface area contributed by atoms with E-state index in [-0.39, 0.29) is 41.9 Å². The van der Waals surface area contributed by atoms with Crippen LogP contribution in [0, 0.1) is 5.82 Å². The minimum absolute atomic E-state index is 0.0403. The zero-order valence-corrected chi connectivity index (χ0v) is 19.2. The molecule has 10 nitrogen and oxygen atoms in total. The fraction of sp³-hybridized carbons (Fsp3) is 0.450. The highest BCUT2D eigenvalue weighted by molar-refractivity contribution is 6.28. The van der Waals surface area contributed by atoms with E-state index in [0.29, 0.717) is 31.3 Å². The number of H-pyrrole nitrogens is 1. The summed E-state index contributed by atoms with van der Waals surface area (Å²) in [4.78, 5) is 23.7. The van der Waals surface area contributed by atoms with Gasteiger partial charge < -0.3 is 15.0 Å². The van der Waals surface area contributed by atoms with E-state index < -0.39 is 29.8 Å². The van der Waals surface area contributed by atoms with Crippen LogP contribution in [0.25, 0.3) is 0 Å². The SMILES string of the molecule is CCCN1c2nc(Cl)[nH]c2C(=O)N(CCCn2nnc(Cc3cc(F)cc(C(F)(F)F)c3)n2)C1O. The third-order valence-electron chi connectivity index (χ3n) is 5.32. The van der Waals surface area contributed by atoms with Crippen LogP contribution in [-0.4, -0.2) is 65.5 Å². The van der Waals surface area contributed by atoms with Crippen molar-refractivity contribution in [1.29, 1.82) is 0 Å². The Balaban J connectivity index is 1.39. The first-order chi connectivity index (χ1) is 16.6. The molecular weight excluding hydrogens is 496 g/mol. The summed E-state index contributed by atoms with van der Waals surface area (Å²) in [5.74, 6) is -1.06. The third-order valence-corrected chi connectivity index (χ3v) is 5.50. The number of carbonyl (C=O) groups excluding carboxylic acids is 1. The van der Waals surface area contributed by atoms with Crippen molar-refractivity contribution < 1.29 is 27.5 Å². The van der Waals surface area contributed by atoms with Gasteiger partial charge in [0.25, 0.3) is 5.91 Å². The molecule has 1 aliphatic rings. The lowest BCUT2D eigenvalue weighted by molar-refractivity contribution is -0.137. The number of anilines is 1. The molecule has 0 fully saturated rings. The van der Waals surface area contributed by atoms with Crippen LogP contribution in [0.4, 0.5) is 23.4 Å². The van der Waals surface area contributed by atoms with E-state index in [1.165, 1.54) is 9.70 Å². The van der Waals surface area contributed by atoms with Crippen molar-refractivity contribution in [2.45, 2.75) is 45.3 Å². The predicted molar refractivity (Wildman–Crippen MR) is 115 cm³/mol. The molecular formula is C20H21ClF4N8O2. The molecule has 35 heavy (non-hydrogen) atoms. The van der Waals surface area contributed by atoms with Gasteiger partial charge in [0.2, 0.25) is 11.6 Å². The average Bonchev–Trinajstić information content (AvgIpc) is 3.39. The maximum Gasteiger partial charge on any atom is 0.416 e. The minimum atomic E-state index is -4.67. The van der Waals surface area contributed by atoms with Crippen LogP contribution in [-0.2, 0) is 19.1 Å². The number of tetrazole rings is 1. The van der Waals surface area contributed by atoms with Gasteiger partial charge in [-0.3, -0.25) is 9.69 Å². The number of fused-ring (bicyclic) bond motifs is 1. The van der Waals surface area contributed by atoms with Gasteiger partial charge in [-0.2, -0.15) is 23.0 Å². The fourth-order valence-electron chi connectivity index (χ4n) is 3.82. The zero-order chi connectivity index (χ0) is 25.3. The molecule has 0 aliphatic carbocycles. The number of aryl methyl sites for hydroxylation is 1. The molecule has 0 saturated carbocycles. The number of aromatic nitrogens is 6. The molecule has 3 heterocycles. The Labute approximate surface area is 201 Å². The van der Waals surface area contributed by atoms with E-state index in [0.717, 1.165) is 12.1 Å². The van der Waals surface area contributed by atoms with Crippen molar-refractivity contribution in [3.63, 3.8) is 0 Å². The summed E-state index contributed by atoms with van der Waals surface area (Å²) >= 11 is 5.91. The van der Waals surface area contributed by atoms with E-state index in [4.69, 9.17) is 11.6 Å². The van der Waals surface area contributed by atoms with Crippen LogP contribution in [0.2, 0.25) is 5.28 Å². The number of benzene rings is 1. The van der Waals surface area contributed by atoms with Gasteiger partial charge in [-0.1, -0.05) is 6.92 Å². The number of hydrogen-bond donors (Lipinski definition) is 2. The lowest BCUT2D eigenvalue weighted by Gasteiger charge is -2.40. The smallest absolute Gasteiger partial charge is 0.356 e. The highest BCUT2D eigenvalue weighted by Gasteiger charge is 2.38. The Morgan fingerprint density at radius 1 is 1.17 bits per heavy atom. The van der Waals surface area contributed by atoms with Crippen LogP contribution in [0.1, 0.15) is 47.2 Å². The largest absolute Gasteiger partial charge is 0.416 e. The van der Waals surface area contributed by atoms with Gasteiger partial charge >= 0.3 is 6.18 Å². The first kappa shape index (κ1) is 24.9. The Bertz CT molecular complexity index is 1210. The summed E-state index contributed by atoms with van der Waals surface area (Å²) in [7, 11) is 0. The molecule has 15 heteroatoms. The van der Waals surface area contributed by atoms with Crippen LogP contribution in [0.15, 0.2) is 18.2 Å². The van der Waals surface area contributed by atoms with Crippen molar-refractivity contribution >= 4 is 23.3 Å². The van der Waals surface area contributed by atoms with Crippen molar-refractivity contribution in [3.05, 3.63) is 51.9 Å². The molecule has 3 aromatic rings. The number of aliphatic hydroxyl groups excluding tert-OH is 1. The van der Waals surface area contributed by atoms with Crippen molar-refractivity contribution in [2.24, 2.45) is 0 Å². The third kappa shape index (κ3) is 5.37. The number of imidazole rings is 1. The number of alkyl halides is 3. The number of amides is 1. The summed E-state index contributed by atoms with van der Waals surface area (Å²) in [6, 6.07) is 2.24. The number of rotatable bonds is 8. The topological polar surface area (TPSA) is 116 Å². The van der Waals surface area contributed by atoms with E-state index in [1.54, 1.807) is 4.90 Å². The molecule has 0 bridgehead atoms. The standard InChI is InChI=1S/C20H21ClF4N8O2/c1-2-4-31-16-15(26-18(21)27-16)17(34)32(19(31)35)5-3-6-33-29-14(28-30-33)9-11-7-12(20(23,24)25)10-13(22)8-11/h7-8,10,19,35H,2-6,9H2,1H3,(H,26,27). The Morgan fingerprint density at radius 2 is 1.94 bits per heavy atom. The monoisotopic (exact) mass is 516 g/mol. The van der Waals surface area contributed by atoms with Crippen molar-refractivity contribution in [2.75, 3.05) is 18.0 Å². The summed E-state index contributed by atoms with van der Waals surface area (Å²) in [6.07, 6.45) is -5.00. The van der Waals surface area contributed by atoms with Crippen molar-refractivity contribution in [3.8, 4) is 0 Å². The second-order valence-electron chi connectivity index (χ2n) is 7.94. The summed E-state index contributed by atoms with van der Waals surface area (Å²) in [5.41, 5.74) is -0.851. The summed E-state index contributed by atoms with van der Waals surface area (Å²) in [5, 5.41) is 22.5. The number of aliphatic hydroxyl groups is 1. The fourth-order valence-corrected chi connectivity index (χ4v) is 4.00. The molecule has 2 N–H and O–H groups in total. The molecule has 188 valence electrons. The molecule has 2 aromatic heterocycles.